The van der Waals surface area contributed by atoms with Crippen LogP contribution in [-0.2, 0) is 0 Å². The average Bonchev–Trinajstić information content (AvgIpc) is 2.35. The van der Waals surface area contributed by atoms with E-state index < -0.39 is 0 Å². The second kappa shape index (κ2) is 5.65. The summed E-state index contributed by atoms with van der Waals surface area (Å²) in [6.45, 7) is 4.04. The highest BCUT2D eigenvalue weighted by Gasteiger charge is 2.18. The molecule has 0 aliphatic heterocycles. The van der Waals surface area contributed by atoms with Gasteiger partial charge >= 0.3 is 0 Å². The van der Waals surface area contributed by atoms with Crippen LogP contribution >= 0.6 is 0 Å². The monoisotopic (exact) mass is 225 g/mol. The minimum absolute atomic E-state index is 0.0387. The Kier molecular flexibility index (Phi) is 4.49. The quantitative estimate of drug-likeness (QED) is 0.818. The summed E-state index contributed by atoms with van der Waals surface area (Å²) in [4.78, 5) is 8.55. The Morgan fingerprint density at radius 3 is 2.12 bits per heavy atom. The van der Waals surface area contributed by atoms with Crippen molar-refractivity contribution in [2.45, 2.75) is 32.2 Å². The zero-order valence-corrected chi connectivity index (χ0v) is 10.2. The molecule has 1 aromatic rings. The van der Waals surface area contributed by atoms with E-state index in [9.17, 15) is 0 Å². The van der Waals surface area contributed by atoms with Gasteiger partial charge in [-0.15, -0.1) is 0 Å². The number of hydrogen-bond acceptors (Lipinski definition) is 5. The molecule has 5 heteroatoms. The van der Waals surface area contributed by atoms with Crippen LogP contribution in [0.25, 0.3) is 0 Å². The van der Waals surface area contributed by atoms with Crippen LogP contribution in [0.1, 0.15) is 32.0 Å². The molecule has 0 saturated carbocycles. The Bertz CT molecular complexity index is 322. The number of aromatic nitrogens is 2. The number of rotatable bonds is 5. The van der Waals surface area contributed by atoms with Crippen molar-refractivity contribution in [3.05, 3.63) is 11.9 Å². The lowest BCUT2D eigenvalue weighted by Gasteiger charge is -2.17. The van der Waals surface area contributed by atoms with E-state index in [1.165, 1.54) is 0 Å². The Labute approximate surface area is 96.0 Å². The lowest BCUT2D eigenvalue weighted by molar-refractivity contribution is 0.363. The second-order valence-electron chi connectivity index (χ2n) is 3.67. The van der Waals surface area contributed by atoms with E-state index in [4.69, 9.17) is 15.2 Å². The minimum atomic E-state index is 0.0387. The van der Waals surface area contributed by atoms with Crippen LogP contribution < -0.4 is 15.2 Å². The summed E-state index contributed by atoms with van der Waals surface area (Å²) in [5.74, 6) is 1.73. The summed E-state index contributed by atoms with van der Waals surface area (Å²) in [6.07, 6.45) is 0.879. The normalized spacial score (nSPS) is 14.3. The zero-order chi connectivity index (χ0) is 12.1. The van der Waals surface area contributed by atoms with Crippen LogP contribution in [0.5, 0.6) is 11.8 Å². The van der Waals surface area contributed by atoms with Crippen molar-refractivity contribution in [3.63, 3.8) is 0 Å². The Balaban J connectivity index is 3.02. The molecule has 5 nitrogen and oxygen atoms in total. The van der Waals surface area contributed by atoms with E-state index in [-0.39, 0.29) is 12.0 Å². The van der Waals surface area contributed by atoms with E-state index in [0.717, 1.165) is 6.42 Å². The van der Waals surface area contributed by atoms with Crippen molar-refractivity contribution >= 4 is 0 Å². The molecule has 0 aliphatic carbocycles. The van der Waals surface area contributed by atoms with Gasteiger partial charge in [0.05, 0.1) is 20.3 Å². The lowest BCUT2D eigenvalue weighted by Crippen LogP contribution is -2.27. The molecule has 2 N–H and O–H groups in total. The predicted molar refractivity (Wildman–Crippen MR) is 61.8 cm³/mol. The molecule has 1 aromatic heterocycles. The van der Waals surface area contributed by atoms with Crippen molar-refractivity contribution in [2.24, 2.45) is 5.73 Å². The Morgan fingerprint density at radius 1 is 1.25 bits per heavy atom. The SMILES string of the molecule is CCC(N)C(C)c1nc(OC)cc(OC)n1. The largest absolute Gasteiger partial charge is 0.481 e. The molecule has 0 radical (unpaired) electrons. The molecular weight excluding hydrogens is 206 g/mol. The average molecular weight is 225 g/mol. The number of methoxy groups -OCH3 is 2. The molecule has 1 heterocycles. The van der Waals surface area contributed by atoms with E-state index in [1.54, 1.807) is 20.3 Å². The molecule has 90 valence electrons. The fraction of sp³-hybridized carbons (Fsp3) is 0.636. The minimum Gasteiger partial charge on any atom is -0.481 e. The molecule has 2 atom stereocenters. The number of hydrogen-bond donors (Lipinski definition) is 1. The molecule has 0 spiro atoms. The summed E-state index contributed by atoms with van der Waals surface area (Å²) in [6, 6.07) is 1.69. The van der Waals surface area contributed by atoms with Gasteiger partial charge < -0.3 is 15.2 Å². The first kappa shape index (κ1) is 12.7. The summed E-state index contributed by atoms with van der Waals surface area (Å²) < 4.78 is 10.2. The van der Waals surface area contributed by atoms with Crippen LogP contribution in [0.15, 0.2) is 6.07 Å². The topological polar surface area (TPSA) is 70.3 Å². The van der Waals surface area contributed by atoms with E-state index in [0.29, 0.717) is 17.6 Å². The van der Waals surface area contributed by atoms with Crippen molar-refractivity contribution in [3.8, 4) is 11.8 Å². The van der Waals surface area contributed by atoms with Gasteiger partial charge in [0.1, 0.15) is 5.82 Å². The first-order valence-electron chi connectivity index (χ1n) is 5.34. The predicted octanol–water partition coefficient (Wildman–Crippen LogP) is 1.33. The van der Waals surface area contributed by atoms with Crippen molar-refractivity contribution in [2.75, 3.05) is 14.2 Å². The van der Waals surface area contributed by atoms with Gasteiger partial charge in [-0.25, -0.2) is 0 Å². The third-order valence-electron chi connectivity index (χ3n) is 2.64. The summed E-state index contributed by atoms with van der Waals surface area (Å²) in [5, 5.41) is 0. The van der Waals surface area contributed by atoms with Crippen LogP contribution in [0.4, 0.5) is 0 Å². The van der Waals surface area contributed by atoms with Gasteiger partial charge in [-0.2, -0.15) is 9.97 Å². The standard InChI is InChI=1S/C11H19N3O2/c1-5-8(12)7(2)11-13-9(15-3)6-10(14-11)16-4/h6-8H,5,12H2,1-4H3. The van der Waals surface area contributed by atoms with Crippen LogP contribution in [0, 0.1) is 0 Å². The van der Waals surface area contributed by atoms with Gasteiger partial charge in [0.2, 0.25) is 11.8 Å². The van der Waals surface area contributed by atoms with Crippen molar-refractivity contribution in [1.29, 1.82) is 0 Å². The van der Waals surface area contributed by atoms with Gasteiger partial charge in [0.15, 0.2) is 0 Å². The Hall–Kier alpha value is -1.36. The third-order valence-corrected chi connectivity index (χ3v) is 2.64. The van der Waals surface area contributed by atoms with Gasteiger partial charge in [-0.05, 0) is 6.42 Å². The summed E-state index contributed by atoms with van der Waals surface area (Å²) >= 11 is 0. The molecule has 1 rings (SSSR count). The molecule has 0 aromatic carbocycles. The van der Waals surface area contributed by atoms with E-state index >= 15 is 0 Å². The second-order valence-corrected chi connectivity index (χ2v) is 3.67. The smallest absolute Gasteiger partial charge is 0.220 e. The van der Waals surface area contributed by atoms with Gasteiger partial charge in [0, 0.05) is 12.0 Å². The van der Waals surface area contributed by atoms with Crippen LogP contribution in [-0.4, -0.2) is 30.2 Å². The van der Waals surface area contributed by atoms with E-state index in [2.05, 4.69) is 9.97 Å². The fourth-order valence-corrected chi connectivity index (χ4v) is 1.38. The Morgan fingerprint density at radius 2 is 1.75 bits per heavy atom. The van der Waals surface area contributed by atoms with Gasteiger partial charge in [-0.1, -0.05) is 13.8 Å². The molecule has 0 aliphatic rings. The van der Waals surface area contributed by atoms with Crippen LogP contribution in [0.2, 0.25) is 0 Å². The maximum atomic E-state index is 5.97. The van der Waals surface area contributed by atoms with Gasteiger partial charge in [-0.3, -0.25) is 0 Å². The molecule has 0 fully saturated rings. The van der Waals surface area contributed by atoms with Crippen LogP contribution in [0.3, 0.4) is 0 Å². The number of ether oxygens (including phenoxy) is 2. The van der Waals surface area contributed by atoms with E-state index in [1.807, 2.05) is 13.8 Å². The lowest BCUT2D eigenvalue weighted by atomic mass is 10.00. The highest BCUT2D eigenvalue weighted by molar-refractivity contribution is 5.22. The first-order valence-corrected chi connectivity index (χ1v) is 5.34. The molecule has 0 amide bonds. The maximum absolute atomic E-state index is 5.97. The molecule has 0 saturated heterocycles. The summed E-state index contributed by atoms with van der Waals surface area (Å²) in [5.41, 5.74) is 5.97. The first-order chi connectivity index (χ1) is 7.62. The van der Waals surface area contributed by atoms with Crippen molar-refractivity contribution in [1.82, 2.24) is 9.97 Å². The molecular formula is C11H19N3O2. The molecule has 2 unspecified atom stereocenters. The molecule has 0 bridgehead atoms. The highest BCUT2D eigenvalue weighted by Crippen LogP contribution is 2.22. The highest BCUT2D eigenvalue weighted by atomic mass is 16.5. The number of nitrogens with two attached hydrogens (primary N) is 1. The van der Waals surface area contributed by atoms with Crippen molar-refractivity contribution < 1.29 is 9.47 Å². The summed E-state index contributed by atoms with van der Waals surface area (Å²) in [7, 11) is 3.13. The van der Waals surface area contributed by atoms with Gasteiger partial charge in [0.25, 0.3) is 0 Å². The number of nitrogens with zero attached hydrogens (tertiary/aromatic N) is 2. The zero-order valence-electron chi connectivity index (χ0n) is 10.2. The molecule has 16 heavy (non-hydrogen) atoms. The maximum Gasteiger partial charge on any atom is 0.220 e. The fourth-order valence-electron chi connectivity index (χ4n) is 1.38. The third kappa shape index (κ3) is 2.82.